The molecule has 40 heavy (non-hydrogen) atoms. The van der Waals surface area contributed by atoms with Crippen molar-refractivity contribution in [3.63, 3.8) is 0 Å². The molecule has 1 aliphatic rings. The molecule has 3 heterocycles. The van der Waals surface area contributed by atoms with Crippen LogP contribution in [0.4, 0.5) is 16.0 Å². The Morgan fingerprint density at radius 3 is 2.62 bits per heavy atom. The van der Waals surface area contributed by atoms with Gasteiger partial charge in [0.2, 0.25) is 5.95 Å². The van der Waals surface area contributed by atoms with Crippen molar-refractivity contribution in [3.05, 3.63) is 71.8 Å². The highest BCUT2D eigenvalue weighted by Crippen LogP contribution is 2.31. The van der Waals surface area contributed by atoms with Crippen molar-refractivity contribution in [2.24, 2.45) is 13.0 Å². The lowest BCUT2D eigenvalue weighted by Crippen LogP contribution is -2.30. The summed E-state index contributed by atoms with van der Waals surface area (Å²) >= 11 is 0. The first kappa shape index (κ1) is 27.8. The van der Waals surface area contributed by atoms with Gasteiger partial charge in [0.25, 0.3) is 0 Å². The molecule has 1 saturated heterocycles. The van der Waals surface area contributed by atoms with Gasteiger partial charge in [-0.05, 0) is 68.1 Å². The number of carbonyl (C=O) groups excluding carboxylic acids is 1. The third kappa shape index (κ3) is 6.02. The van der Waals surface area contributed by atoms with Crippen LogP contribution in [0.3, 0.4) is 0 Å². The fourth-order valence-corrected chi connectivity index (χ4v) is 5.16. The standard InChI is InChI=1S/C32H38FN5O2/c1-20(2)38-14-12-21(19-38)30(39)17-23-16-25(11-13-34-23)40-24-8-10-29-28(18-24)36-31(37(29)6)35-27-15-22(32(3,4)5)7-9-26(27)33/h7-11,13,15-16,18,20-21H,12,14,17,19H2,1-6H3,(H,35,36)/t21-/m1/s1. The van der Waals surface area contributed by atoms with Crippen LogP contribution in [0.25, 0.3) is 11.0 Å². The van der Waals surface area contributed by atoms with E-state index in [2.05, 4.69) is 49.8 Å². The zero-order valence-corrected chi connectivity index (χ0v) is 24.2. The number of carbonyl (C=O) groups is 1. The van der Waals surface area contributed by atoms with Crippen LogP contribution < -0.4 is 10.1 Å². The number of anilines is 2. The number of likely N-dealkylation sites (tertiary alicyclic amines) is 1. The molecule has 0 aliphatic carbocycles. The van der Waals surface area contributed by atoms with Crippen molar-refractivity contribution in [1.29, 1.82) is 0 Å². The normalized spacial score (nSPS) is 16.1. The van der Waals surface area contributed by atoms with Gasteiger partial charge in [-0.3, -0.25) is 9.78 Å². The Hall–Kier alpha value is -3.78. The molecule has 1 aliphatic heterocycles. The largest absolute Gasteiger partial charge is 0.457 e. The minimum Gasteiger partial charge on any atom is -0.457 e. The second-order valence-electron chi connectivity index (χ2n) is 12.0. The number of aryl methyl sites for hydroxylation is 1. The number of aromatic nitrogens is 3. The molecule has 0 amide bonds. The molecule has 210 valence electrons. The average Bonchev–Trinajstić information content (AvgIpc) is 3.51. The Morgan fingerprint density at radius 2 is 1.90 bits per heavy atom. The summed E-state index contributed by atoms with van der Waals surface area (Å²) in [6.45, 7) is 12.4. The lowest BCUT2D eigenvalue weighted by Gasteiger charge is -2.20. The monoisotopic (exact) mass is 543 g/mol. The number of hydrogen-bond acceptors (Lipinski definition) is 6. The summed E-state index contributed by atoms with van der Waals surface area (Å²) in [7, 11) is 1.89. The number of Topliss-reactive ketones (excluding diaryl/α,β-unsaturated/α-hetero) is 1. The van der Waals surface area contributed by atoms with E-state index in [1.807, 2.05) is 48.0 Å². The molecule has 0 saturated carbocycles. The first-order valence-electron chi connectivity index (χ1n) is 13.9. The van der Waals surface area contributed by atoms with Gasteiger partial charge in [-0.2, -0.15) is 0 Å². The third-order valence-electron chi connectivity index (χ3n) is 7.72. The van der Waals surface area contributed by atoms with E-state index in [9.17, 15) is 9.18 Å². The summed E-state index contributed by atoms with van der Waals surface area (Å²) in [4.78, 5) is 24.4. The van der Waals surface area contributed by atoms with Crippen LogP contribution in [0.5, 0.6) is 11.5 Å². The molecular formula is C32H38FN5O2. The molecule has 0 radical (unpaired) electrons. The highest BCUT2D eigenvalue weighted by atomic mass is 19.1. The molecular weight excluding hydrogens is 505 g/mol. The van der Waals surface area contributed by atoms with Gasteiger partial charge in [-0.15, -0.1) is 0 Å². The molecule has 1 N–H and O–H groups in total. The van der Waals surface area contributed by atoms with E-state index in [1.165, 1.54) is 6.07 Å². The zero-order chi connectivity index (χ0) is 28.6. The highest BCUT2D eigenvalue weighted by molar-refractivity contribution is 5.83. The lowest BCUT2D eigenvalue weighted by molar-refractivity contribution is -0.121. The van der Waals surface area contributed by atoms with Crippen LogP contribution in [-0.4, -0.2) is 44.3 Å². The number of nitrogens with one attached hydrogen (secondary N) is 1. The Morgan fingerprint density at radius 1 is 1.12 bits per heavy atom. The van der Waals surface area contributed by atoms with Gasteiger partial charge in [-0.1, -0.05) is 26.8 Å². The molecule has 1 fully saturated rings. The summed E-state index contributed by atoms with van der Waals surface area (Å²) in [6, 6.07) is 14.9. The number of fused-ring (bicyclic) bond motifs is 1. The molecule has 7 nitrogen and oxygen atoms in total. The smallest absolute Gasteiger partial charge is 0.208 e. The molecule has 2 aromatic carbocycles. The van der Waals surface area contributed by atoms with Crippen LogP contribution in [0, 0.1) is 11.7 Å². The number of benzene rings is 2. The second-order valence-corrected chi connectivity index (χ2v) is 12.0. The van der Waals surface area contributed by atoms with Crippen molar-refractivity contribution in [1.82, 2.24) is 19.4 Å². The third-order valence-corrected chi connectivity index (χ3v) is 7.72. The Balaban J connectivity index is 1.30. The Labute approximate surface area is 235 Å². The van der Waals surface area contributed by atoms with Gasteiger partial charge < -0.3 is 19.5 Å². The minimum absolute atomic E-state index is 0.0625. The van der Waals surface area contributed by atoms with Crippen LogP contribution in [0.15, 0.2) is 54.7 Å². The van der Waals surface area contributed by atoms with Gasteiger partial charge in [0.15, 0.2) is 0 Å². The molecule has 4 aromatic rings. The average molecular weight is 544 g/mol. The number of ketones is 1. The van der Waals surface area contributed by atoms with Crippen LogP contribution in [-0.2, 0) is 23.7 Å². The topological polar surface area (TPSA) is 72.3 Å². The molecule has 0 spiro atoms. The van der Waals surface area contributed by atoms with Crippen LogP contribution in [0.2, 0.25) is 0 Å². The van der Waals surface area contributed by atoms with E-state index < -0.39 is 0 Å². The van der Waals surface area contributed by atoms with E-state index in [1.54, 1.807) is 12.3 Å². The maximum atomic E-state index is 14.6. The first-order valence-corrected chi connectivity index (χ1v) is 13.9. The van der Waals surface area contributed by atoms with Gasteiger partial charge in [0.1, 0.15) is 23.1 Å². The fraction of sp³-hybridized carbons (Fsp3) is 0.406. The van der Waals surface area contributed by atoms with Gasteiger partial charge in [-0.25, -0.2) is 9.37 Å². The Kier molecular flexibility index (Phi) is 7.64. The van der Waals surface area contributed by atoms with E-state index in [-0.39, 0.29) is 22.9 Å². The predicted molar refractivity (Wildman–Crippen MR) is 157 cm³/mol. The molecule has 5 rings (SSSR count). The first-order chi connectivity index (χ1) is 19.0. The summed E-state index contributed by atoms with van der Waals surface area (Å²) in [5, 5.41) is 3.16. The molecule has 0 unspecified atom stereocenters. The summed E-state index contributed by atoms with van der Waals surface area (Å²) in [5.74, 6) is 1.72. The van der Waals surface area contributed by atoms with Gasteiger partial charge in [0.05, 0.1) is 22.4 Å². The number of ether oxygens (including phenoxy) is 1. The van der Waals surface area contributed by atoms with E-state index >= 15 is 0 Å². The number of nitrogens with zero attached hydrogens (tertiary/aromatic N) is 4. The molecule has 2 aromatic heterocycles. The number of imidazole rings is 1. The number of pyridine rings is 1. The number of rotatable bonds is 8. The van der Waals surface area contributed by atoms with E-state index in [0.29, 0.717) is 41.3 Å². The van der Waals surface area contributed by atoms with Gasteiger partial charge >= 0.3 is 0 Å². The Bertz CT molecular complexity index is 1540. The molecule has 0 bridgehead atoms. The summed E-state index contributed by atoms with van der Waals surface area (Å²) in [6.07, 6.45) is 2.88. The SMILES string of the molecule is CC(C)N1CC[C@@H](C(=O)Cc2cc(Oc3ccc4c(c3)nc(Nc3cc(C(C)(C)C)ccc3F)n4C)ccn2)C1. The zero-order valence-electron chi connectivity index (χ0n) is 24.2. The predicted octanol–water partition coefficient (Wildman–Crippen LogP) is 6.78. The summed E-state index contributed by atoms with van der Waals surface area (Å²) in [5.41, 5.74) is 3.62. The van der Waals surface area contributed by atoms with Crippen LogP contribution in [0.1, 0.15) is 52.3 Å². The molecule has 8 heteroatoms. The lowest BCUT2D eigenvalue weighted by atomic mass is 9.87. The van der Waals surface area contributed by atoms with Crippen molar-refractivity contribution in [2.75, 3.05) is 18.4 Å². The quantitative estimate of drug-likeness (QED) is 0.264. The van der Waals surface area contributed by atoms with Crippen molar-refractivity contribution < 1.29 is 13.9 Å². The minimum atomic E-state index is -0.332. The highest BCUT2D eigenvalue weighted by Gasteiger charge is 2.29. The van der Waals surface area contributed by atoms with Gasteiger partial charge in [0, 0.05) is 50.3 Å². The fourth-order valence-electron chi connectivity index (χ4n) is 5.16. The second kappa shape index (κ2) is 11.0. The van der Waals surface area contributed by atoms with Crippen molar-refractivity contribution in [2.45, 2.75) is 58.9 Å². The van der Waals surface area contributed by atoms with Crippen molar-refractivity contribution in [3.8, 4) is 11.5 Å². The summed E-state index contributed by atoms with van der Waals surface area (Å²) < 4.78 is 22.7. The number of hydrogen-bond donors (Lipinski definition) is 1. The maximum Gasteiger partial charge on any atom is 0.208 e. The van der Waals surface area contributed by atoms with E-state index in [0.717, 1.165) is 36.1 Å². The van der Waals surface area contributed by atoms with Crippen molar-refractivity contribution >= 4 is 28.5 Å². The number of halogens is 1. The maximum absolute atomic E-state index is 14.6. The van der Waals surface area contributed by atoms with E-state index in [4.69, 9.17) is 9.72 Å². The molecule has 1 atom stereocenters. The van der Waals surface area contributed by atoms with Crippen LogP contribution >= 0.6 is 0 Å².